The second-order valence-corrected chi connectivity index (χ2v) is 4.85. The molecule has 0 aromatic rings. The average Bonchev–Trinajstić information content (AvgIpc) is 2.38. The number of aliphatic carboxylic acids is 2. The molecule has 0 fully saturated rings. The largest absolute Gasteiger partial charge is 0.481 e. The van der Waals surface area contributed by atoms with Crippen LogP contribution in [0.5, 0.6) is 0 Å². The first-order valence-electron chi connectivity index (χ1n) is 6.48. The van der Waals surface area contributed by atoms with Gasteiger partial charge in [0.25, 0.3) is 0 Å². The zero-order valence-electron chi connectivity index (χ0n) is 12.0. The highest BCUT2D eigenvalue weighted by Gasteiger charge is 2.20. The van der Waals surface area contributed by atoms with Crippen LogP contribution in [0.2, 0.25) is 0 Å². The molecule has 1 atom stereocenters. The van der Waals surface area contributed by atoms with E-state index in [1.54, 1.807) is 0 Å². The number of hydrogen-bond donors (Lipinski definition) is 5. The number of rotatable bonds is 9. The third-order valence-electron chi connectivity index (χ3n) is 2.37. The van der Waals surface area contributed by atoms with Gasteiger partial charge in [-0.15, -0.1) is 0 Å². The fourth-order valence-electron chi connectivity index (χ4n) is 1.28. The molecule has 9 heteroatoms. The molecule has 0 rings (SSSR count). The molecule has 0 aliphatic carbocycles. The topological polar surface area (TPSA) is 145 Å². The highest BCUT2D eigenvalue weighted by Crippen LogP contribution is 1.97. The molecule has 120 valence electrons. The van der Waals surface area contributed by atoms with Crippen LogP contribution in [0.25, 0.3) is 0 Å². The number of carboxylic acid groups (broad SMARTS) is 2. The highest BCUT2D eigenvalue weighted by molar-refractivity contribution is 5.86. The molecule has 0 aromatic heterocycles. The molecule has 0 aliphatic rings. The number of urea groups is 1. The fourth-order valence-corrected chi connectivity index (χ4v) is 1.28. The summed E-state index contributed by atoms with van der Waals surface area (Å²) in [5.41, 5.74) is 0. The monoisotopic (exact) mass is 303 g/mol. The number of carbonyl (C=O) groups is 4. The zero-order valence-corrected chi connectivity index (χ0v) is 12.0. The minimum absolute atomic E-state index is 0.238. The van der Waals surface area contributed by atoms with Gasteiger partial charge in [-0.3, -0.25) is 9.59 Å². The van der Waals surface area contributed by atoms with E-state index in [0.717, 1.165) is 0 Å². The number of hydrogen-bond acceptors (Lipinski definition) is 4. The molecule has 3 amide bonds. The van der Waals surface area contributed by atoms with E-state index in [-0.39, 0.29) is 25.3 Å². The van der Waals surface area contributed by atoms with Gasteiger partial charge in [-0.2, -0.15) is 0 Å². The van der Waals surface area contributed by atoms with E-state index in [1.165, 1.54) is 0 Å². The predicted molar refractivity (Wildman–Crippen MR) is 72.7 cm³/mol. The summed E-state index contributed by atoms with van der Waals surface area (Å²) < 4.78 is 0. The van der Waals surface area contributed by atoms with E-state index in [4.69, 9.17) is 10.2 Å². The second-order valence-electron chi connectivity index (χ2n) is 4.85. The minimum atomic E-state index is -1.34. The molecule has 0 radical (unpaired) electrons. The van der Waals surface area contributed by atoms with E-state index in [2.05, 4.69) is 16.0 Å². The van der Waals surface area contributed by atoms with Crippen molar-refractivity contribution in [1.82, 2.24) is 16.0 Å². The third-order valence-corrected chi connectivity index (χ3v) is 2.37. The Morgan fingerprint density at radius 2 is 1.67 bits per heavy atom. The standard InChI is InChI=1S/C12H21N3O6/c1-7(2)5-13-9(16)6-14-12(21)15-8(11(19)20)3-4-10(17)18/h7-8H,3-6H2,1-2H3,(H,13,16)(H,17,18)(H,19,20)(H2,14,15,21). The second kappa shape index (κ2) is 9.56. The summed E-state index contributed by atoms with van der Waals surface area (Å²) in [5.74, 6) is -2.61. The molecule has 1 unspecified atom stereocenters. The summed E-state index contributed by atoms with van der Waals surface area (Å²) in [5, 5.41) is 24.2. The Kier molecular flexibility index (Phi) is 8.51. The molecule has 0 heterocycles. The van der Waals surface area contributed by atoms with Crippen LogP contribution in [-0.4, -0.2) is 53.2 Å². The van der Waals surface area contributed by atoms with Crippen LogP contribution in [0.3, 0.4) is 0 Å². The SMILES string of the molecule is CC(C)CNC(=O)CNC(=O)NC(CCC(=O)O)C(=O)O. The van der Waals surface area contributed by atoms with Crippen LogP contribution >= 0.6 is 0 Å². The van der Waals surface area contributed by atoms with Gasteiger partial charge in [-0.25, -0.2) is 9.59 Å². The lowest BCUT2D eigenvalue weighted by atomic mass is 10.1. The average molecular weight is 303 g/mol. The maximum absolute atomic E-state index is 11.4. The smallest absolute Gasteiger partial charge is 0.326 e. The predicted octanol–water partition coefficient (Wildman–Crippen LogP) is -0.624. The Morgan fingerprint density at radius 1 is 1.05 bits per heavy atom. The van der Waals surface area contributed by atoms with Gasteiger partial charge >= 0.3 is 18.0 Å². The maximum Gasteiger partial charge on any atom is 0.326 e. The fraction of sp³-hybridized carbons (Fsp3) is 0.667. The molecule has 9 nitrogen and oxygen atoms in total. The molecular weight excluding hydrogens is 282 g/mol. The van der Waals surface area contributed by atoms with Gasteiger partial charge in [0.1, 0.15) is 6.04 Å². The van der Waals surface area contributed by atoms with Crippen LogP contribution < -0.4 is 16.0 Å². The van der Waals surface area contributed by atoms with Crippen molar-refractivity contribution in [3.63, 3.8) is 0 Å². The van der Waals surface area contributed by atoms with Gasteiger partial charge in [0.05, 0.1) is 6.54 Å². The van der Waals surface area contributed by atoms with Gasteiger partial charge < -0.3 is 26.2 Å². The van der Waals surface area contributed by atoms with Crippen molar-refractivity contribution in [3.05, 3.63) is 0 Å². The molecule has 0 spiro atoms. The van der Waals surface area contributed by atoms with Crippen molar-refractivity contribution in [1.29, 1.82) is 0 Å². The molecule has 0 saturated heterocycles. The third kappa shape index (κ3) is 10.2. The molecule has 5 N–H and O–H groups in total. The first-order valence-corrected chi connectivity index (χ1v) is 6.48. The lowest BCUT2D eigenvalue weighted by molar-refractivity contribution is -0.140. The lowest BCUT2D eigenvalue weighted by Crippen LogP contribution is -2.48. The summed E-state index contributed by atoms with van der Waals surface area (Å²) in [4.78, 5) is 44.0. The quantitative estimate of drug-likeness (QED) is 0.383. The first kappa shape index (κ1) is 18.7. The van der Waals surface area contributed by atoms with Crippen molar-refractivity contribution in [2.24, 2.45) is 5.92 Å². The minimum Gasteiger partial charge on any atom is -0.481 e. The summed E-state index contributed by atoms with van der Waals surface area (Å²) in [6.45, 7) is 4.02. The van der Waals surface area contributed by atoms with E-state index >= 15 is 0 Å². The van der Waals surface area contributed by atoms with Crippen molar-refractivity contribution >= 4 is 23.9 Å². The number of carboxylic acids is 2. The van der Waals surface area contributed by atoms with Gasteiger partial charge in [0.15, 0.2) is 0 Å². The van der Waals surface area contributed by atoms with Crippen LogP contribution in [0.15, 0.2) is 0 Å². The number of nitrogens with one attached hydrogen (secondary N) is 3. The highest BCUT2D eigenvalue weighted by atomic mass is 16.4. The molecule has 0 aliphatic heterocycles. The molecular formula is C12H21N3O6. The molecule has 0 saturated carbocycles. The van der Waals surface area contributed by atoms with Crippen LogP contribution in [-0.2, 0) is 14.4 Å². The lowest BCUT2D eigenvalue weighted by Gasteiger charge is -2.14. The maximum atomic E-state index is 11.4. The van der Waals surface area contributed by atoms with Crippen molar-refractivity contribution < 1.29 is 29.4 Å². The van der Waals surface area contributed by atoms with Gasteiger partial charge in [-0.05, 0) is 12.3 Å². The Hall–Kier alpha value is -2.32. The van der Waals surface area contributed by atoms with Crippen molar-refractivity contribution in [3.8, 4) is 0 Å². The molecule has 0 aromatic carbocycles. The Labute approximate surface area is 122 Å². The van der Waals surface area contributed by atoms with Crippen LogP contribution in [0.1, 0.15) is 26.7 Å². The number of amides is 3. The summed E-state index contributed by atoms with van der Waals surface area (Å²) in [6.07, 6.45) is -0.621. The van der Waals surface area contributed by atoms with Crippen LogP contribution in [0, 0.1) is 5.92 Å². The number of carbonyl (C=O) groups excluding carboxylic acids is 2. The van der Waals surface area contributed by atoms with E-state index in [1.807, 2.05) is 13.8 Å². The van der Waals surface area contributed by atoms with E-state index in [0.29, 0.717) is 6.54 Å². The summed E-state index contributed by atoms with van der Waals surface area (Å²) >= 11 is 0. The van der Waals surface area contributed by atoms with E-state index < -0.39 is 29.9 Å². The van der Waals surface area contributed by atoms with Gasteiger partial charge in [-0.1, -0.05) is 13.8 Å². The van der Waals surface area contributed by atoms with Crippen LogP contribution in [0.4, 0.5) is 4.79 Å². The molecule has 21 heavy (non-hydrogen) atoms. The normalized spacial score (nSPS) is 11.6. The molecule has 0 bridgehead atoms. The van der Waals surface area contributed by atoms with Crippen molar-refractivity contribution in [2.75, 3.05) is 13.1 Å². The van der Waals surface area contributed by atoms with Crippen molar-refractivity contribution in [2.45, 2.75) is 32.7 Å². The first-order chi connectivity index (χ1) is 9.72. The van der Waals surface area contributed by atoms with Gasteiger partial charge in [0, 0.05) is 13.0 Å². The Bertz CT molecular complexity index is 396. The summed E-state index contributed by atoms with van der Waals surface area (Å²) in [7, 11) is 0. The Balaban J connectivity index is 4.11. The zero-order chi connectivity index (χ0) is 16.4. The Morgan fingerprint density at radius 3 is 2.14 bits per heavy atom. The van der Waals surface area contributed by atoms with E-state index in [9.17, 15) is 19.2 Å². The summed E-state index contributed by atoms with van der Waals surface area (Å²) in [6, 6.07) is -2.16. The van der Waals surface area contributed by atoms with Gasteiger partial charge in [0.2, 0.25) is 5.91 Å².